The van der Waals surface area contributed by atoms with Gasteiger partial charge in [0.25, 0.3) is 0 Å². The van der Waals surface area contributed by atoms with Crippen LogP contribution in [0.3, 0.4) is 0 Å². The Morgan fingerprint density at radius 2 is 2.12 bits per heavy atom. The van der Waals surface area contributed by atoms with Crippen molar-refractivity contribution in [1.82, 2.24) is 10.5 Å². The van der Waals surface area contributed by atoms with Gasteiger partial charge in [0.1, 0.15) is 12.0 Å². The first-order valence-corrected chi connectivity index (χ1v) is 8.76. The molecule has 0 spiro atoms. The lowest BCUT2D eigenvalue weighted by molar-refractivity contribution is -0.0482. The molecule has 1 aliphatic heterocycles. The largest absolute Gasteiger partial charge is 0.389 e. The molecule has 1 aliphatic rings. The maximum absolute atomic E-state index is 13.5. The minimum atomic E-state index is -1.14. The quantitative estimate of drug-likeness (QED) is 0.834. The SMILES string of the molecule is Cc1ccc(-c2nocc2C(=O)[C@@]2(C(C)(C)O)CCCNC2)c(C)c1. The number of aromatic nitrogens is 1. The molecule has 3 rings (SSSR count). The van der Waals surface area contributed by atoms with Gasteiger partial charge in [0.15, 0.2) is 5.78 Å². The smallest absolute Gasteiger partial charge is 0.178 e. The molecule has 0 aliphatic carbocycles. The van der Waals surface area contributed by atoms with Crippen molar-refractivity contribution in [2.75, 3.05) is 13.1 Å². The van der Waals surface area contributed by atoms with E-state index >= 15 is 0 Å². The van der Waals surface area contributed by atoms with Crippen molar-refractivity contribution in [3.63, 3.8) is 0 Å². The molecule has 1 aromatic carbocycles. The second-order valence-electron chi connectivity index (χ2n) is 7.65. The van der Waals surface area contributed by atoms with E-state index in [9.17, 15) is 9.90 Å². The lowest BCUT2D eigenvalue weighted by Crippen LogP contribution is -2.57. The number of nitrogens with one attached hydrogen (secondary N) is 1. The lowest BCUT2D eigenvalue weighted by Gasteiger charge is -2.44. The Labute approximate surface area is 148 Å². The first-order chi connectivity index (χ1) is 11.8. The third-order valence-corrected chi connectivity index (χ3v) is 5.44. The highest BCUT2D eigenvalue weighted by molar-refractivity contribution is 6.05. The van der Waals surface area contributed by atoms with Crippen LogP contribution in [0.15, 0.2) is 29.0 Å². The molecule has 0 unspecified atom stereocenters. The summed E-state index contributed by atoms with van der Waals surface area (Å²) in [5.41, 5.74) is 2.05. The Kier molecular flexibility index (Phi) is 4.56. The molecule has 0 radical (unpaired) electrons. The Morgan fingerprint density at radius 3 is 2.72 bits per heavy atom. The summed E-state index contributed by atoms with van der Waals surface area (Å²) < 4.78 is 5.18. The monoisotopic (exact) mass is 342 g/mol. The van der Waals surface area contributed by atoms with Crippen LogP contribution < -0.4 is 5.32 Å². The summed E-state index contributed by atoms with van der Waals surface area (Å²) >= 11 is 0. The molecule has 2 N–H and O–H groups in total. The maximum Gasteiger partial charge on any atom is 0.178 e. The first-order valence-electron chi connectivity index (χ1n) is 8.76. The summed E-state index contributed by atoms with van der Waals surface area (Å²) in [7, 11) is 0. The molecule has 5 heteroatoms. The third kappa shape index (κ3) is 3.02. The van der Waals surface area contributed by atoms with Gasteiger partial charge < -0.3 is 14.9 Å². The fourth-order valence-electron chi connectivity index (χ4n) is 3.83. The Hall–Kier alpha value is -1.98. The van der Waals surface area contributed by atoms with Gasteiger partial charge in [-0.25, -0.2) is 0 Å². The van der Waals surface area contributed by atoms with E-state index < -0.39 is 11.0 Å². The van der Waals surface area contributed by atoms with Gasteiger partial charge in [-0.1, -0.05) is 28.9 Å². The molecule has 134 valence electrons. The van der Waals surface area contributed by atoms with E-state index in [1.165, 1.54) is 6.26 Å². The van der Waals surface area contributed by atoms with Crippen LogP contribution in [0, 0.1) is 19.3 Å². The standard InChI is InChI=1S/C20H26N2O3/c1-13-6-7-15(14(2)10-13)17-16(11-25-22-17)18(23)20(19(3,4)24)8-5-9-21-12-20/h6-7,10-11,21,24H,5,8-9,12H2,1-4H3/t20-/m1/s1. The van der Waals surface area contributed by atoms with E-state index in [0.29, 0.717) is 24.2 Å². The molecule has 1 saturated heterocycles. The number of aliphatic hydroxyl groups is 1. The lowest BCUT2D eigenvalue weighted by atomic mass is 9.64. The molecule has 0 amide bonds. The number of benzene rings is 1. The number of rotatable bonds is 4. The average molecular weight is 342 g/mol. The molecule has 1 aromatic heterocycles. The van der Waals surface area contributed by atoms with Crippen molar-refractivity contribution in [2.24, 2.45) is 5.41 Å². The van der Waals surface area contributed by atoms with Gasteiger partial charge in [0.05, 0.1) is 16.6 Å². The zero-order valence-electron chi connectivity index (χ0n) is 15.3. The highest BCUT2D eigenvalue weighted by atomic mass is 16.5. The van der Waals surface area contributed by atoms with Crippen LogP contribution in [0.2, 0.25) is 0 Å². The summed E-state index contributed by atoms with van der Waals surface area (Å²) in [6.45, 7) is 8.76. The summed E-state index contributed by atoms with van der Waals surface area (Å²) in [6.07, 6.45) is 2.90. The zero-order chi connectivity index (χ0) is 18.2. The minimum absolute atomic E-state index is 0.108. The molecule has 0 saturated carbocycles. The maximum atomic E-state index is 13.5. The average Bonchev–Trinajstić information content (AvgIpc) is 3.03. The van der Waals surface area contributed by atoms with Crippen molar-refractivity contribution in [3.05, 3.63) is 41.2 Å². The predicted molar refractivity (Wildman–Crippen MR) is 96.6 cm³/mol. The van der Waals surface area contributed by atoms with Crippen molar-refractivity contribution in [2.45, 2.75) is 46.1 Å². The first kappa shape index (κ1) is 17.8. The predicted octanol–water partition coefficient (Wildman–Crippen LogP) is 3.28. The van der Waals surface area contributed by atoms with Crippen LogP contribution in [0.5, 0.6) is 0 Å². The molecule has 2 aromatic rings. The summed E-state index contributed by atoms with van der Waals surface area (Å²) in [4.78, 5) is 13.5. The molecule has 25 heavy (non-hydrogen) atoms. The summed E-state index contributed by atoms with van der Waals surface area (Å²) in [6, 6.07) is 6.03. The topological polar surface area (TPSA) is 75.4 Å². The normalized spacial score (nSPS) is 21.3. The third-order valence-electron chi connectivity index (χ3n) is 5.44. The van der Waals surface area contributed by atoms with E-state index in [-0.39, 0.29) is 5.78 Å². The molecule has 0 bridgehead atoms. The highest BCUT2D eigenvalue weighted by Gasteiger charge is 2.51. The van der Waals surface area contributed by atoms with Crippen LogP contribution in [-0.2, 0) is 0 Å². The fraction of sp³-hybridized carbons (Fsp3) is 0.500. The van der Waals surface area contributed by atoms with Crippen LogP contribution in [0.25, 0.3) is 11.3 Å². The molecular formula is C20H26N2O3. The number of carbonyl (C=O) groups is 1. The van der Waals surface area contributed by atoms with Crippen molar-refractivity contribution in [3.8, 4) is 11.3 Å². The van der Waals surface area contributed by atoms with Gasteiger partial charge in [-0.05, 0) is 52.6 Å². The van der Waals surface area contributed by atoms with Crippen LogP contribution in [0.1, 0.15) is 48.2 Å². The fourth-order valence-corrected chi connectivity index (χ4v) is 3.83. The Bertz CT molecular complexity index is 780. The van der Waals surface area contributed by atoms with Gasteiger partial charge >= 0.3 is 0 Å². The van der Waals surface area contributed by atoms with Gasteiger partial charge in [-0.3, -0.25) is 4.79 Å². The minimum Gasteiger partial charge on any atom is -0.389 e. The Morgan fingerprint density at radius 1 is 1.36 bits per heavy atom. The number of aryl methyl sites for hydroxylation is 2. The highest BCUT2D eigenvalue weighted by Crippen LogP contribution is 2.42. The number of nitrogens with zero attached hydrogens (tertiary/aromatic N) is 1. The molecule has 2 heterocycles. The van der Waals surface area contributed by atoms with Crippen molar-refractivity contribution >= 4 is 5.78 Å². The second kappa shape index (κ2) is 6.39. The number of hydrogen-bond donors (Lipinski definition) is 2. The van der Waals surface area contributed by atoms with E-state index in [1.54, 1.807) is 13.8 Å². The van der Waals surface area contributed by atoms with Gasteiger partial charge in [0.2, 0.25) is 0 Å². The van der Waals surface area contributed by atoms with Crippen LogP contribution in [0.4, 0.5) is 0 Å². The number of carbonyl (C=O) groups excluding carboxylic acids is 1. The number of hydrogen-bond acceptors (Lipinski definition) is 5. The van der Waals surface area contributed by atoms with Crippen LogP contribution in [-0.4, -0.2) is 34.7 Å². The summed E-state index contributed by atoms with van der Waals surface area (Å²) in [5, 5.41) is 18.2. The summed E-state index contributed by atoms with van der Waals surface area (Å²) in [5.74, 6) is -0.108. The van der Waals surface area contributed by atoms with Gasteiger partial charge in [-0.2, -0.15) is 0 Å². The molecular weight excluding hydrogens is 316 g/mol. The van der Waals surface area contributed by atoms with Crippen LogP contribution >= 0.6 is 0 Å². The van der Waals surface area contributed by atoms with E-state index in [4.69, 9.17) is 4.52 Å². The van der Waals surface area contributed by atoms with E-state index in [2.05, 4.69) is 16.5 Å². The van der Waals surface area contributed by atoms with Gasteiger partial charge in [-0.15, -0.1) is 0 Å². The number of piperidine rings is 1. The van der Waals surface area contributed by atoms with Gasteiger partial charge in [0, 0.05) is 12.1 Å². The van der Waals surface area contributed by atoms with E-state index in [1.807, 2.05) is 26.0 Å². The molecule has 1 atom stereocenters. The van der Waals surface area contributed by atoms with Crippen molar-refractivity contribution < 1.29 is 14.4 Å². The van der Waals surface area contributed by atoms with Crippen molar-refractivity contribution in [1.29, 1.82) is 0 Å². The number of ketones is 1. The zero-order valence-corrected chi connectivity index (χ0v) is 15.3. The molecule has 1 fully saturated rings. The second-order valence-corrected chi connectivity index (χ2v) is 7.65. The Balaban J connectivity index is 2.08. The number of Topliss-reactive ketones (excluding diaryl/α,β-unsaturated/α-hetero) is 1. The molecule has 5 nitrogen and oxygen atoms in total. The van der Waals surface area contributed by atoms with E-state index in [0.717, 1.165) is 29.7 Å².